The normalized spacial score (nSPS) is 15.0. The molecule has 1 nitrogen and oxygen atoms in total. The predicted molar refractivity (Wildman–Crippen MR) is 36.8 cm³/mol. The molecule has 0 heterocycles. The molecule has 0 saturated carbocycles. The standard InChI is InChI=1S/C6H10ClF3O/c1-5(6(8,9)10)11-4-2-3-7/h5H,2-4H2,1H3. The Bertz CT molecular complexity index is 104. The van der Waals surface area contributed by atoms with Crippen molar-refractivity contribution in [1.29, 1.82) is 0 Å². The van der Waals surface area contributed by atoms with Gasteiger partial charge in [0.1, 0.15) is 0 Å². The van der Waals surface area contributed by atoms with Crippen LogP contribution in [0.5, 0.6) is 0 Å². The van der Waals surface area contributed by atoms with Gasteiger partial charge in [-0.1, -0.05) is 0 Å². The number of hydrogen-bond acceptors (Lipinski definition) is 1. The fourth-order valence-corrected chi connectivity index (χ4v) is 0.518. The molecule has 0 fully saturated rings. The molecule has 0 aliphatic carbocycles. The second kappa shape index (κ2) is 4.83. The molecule has 68 valence electrons. The maximum Gasteiger partial charge on any atom is 0.414 e. The van der Waals surface area contributed by atoms with Crippen LogP contribution in [-0.4, -0.2) is 24.8 Å². The third-order valence-corrected chi connectivity index (χ3v) is 1.37. The van der Waals surface area contributed by atoms with Crippen molar-refractivity contribution in [2.45, 2.75) is 25.6 Å². The Hall–Kier alpha value is 0.0400. The molecule has 0 bridgehead atoms. The minimum absolute atomic E-state index is 0.0597. The molecule has 0 amide bonds. The summed E-state index contributed by atoms with van der Waals surface area (Å²) < 4.78 is 39.6. The summed E-state index contributed by atoms with van der Waals surface area (Å²) in [5.74, 6) is 0.324. The summed E-state index contributed by atoms with van der Waals surface area (Å²) in [6, 6.07) is 0. The first-order valence-electron chi connectivity index (χ1n) is 3.22. The first-order chi connectivity index (χ1) is 4.98. The van der Waals surface area contributed by atoms with Crippen molar-refractivity contribution in [3.8, 4) is 0 Å². The van der Waals surface area contributed by atoms with Gasteiger partial charge in [0, 0.05) is 12.5 Å². The minimum atomic E-state index is -4.26. The Balaban J connectivity index is 3.44. The summed E-state index contributed by atoms with van der Waals surface area (Å²) in [5, 5.41) is 0. The molecule has 0 aromatic heterocycles. The molecule has 0 saturated heterocycles. The fourth-order valence-electron chi connectivity index (χ4n) is 0.409. The summed E-state index contributed by atoms with van der Waals surface area (Å²) in [6.07, 6.45) is -5.50. The van der Waals surface area contributed by atoms with E-state index in [1.54, 1.807) is 0 Å². The van der Waals surface area contributed by atoms with Gasteiger partial charge in [0.05, 0.1) is 0 Å². The molecular weight excluding hydrogens is 181 g/mol. The number of ether oxygens (including phenoxy) is 1. The van der Waals surface area contributed by atoms with Gasteiger partial charge < -0.3 is 4.74 Å². The monoisotopic (exact) mass is 190 g/mol. The van der Waals surface area contributed by atoms with Crippen LogP contribution >= 0.6 is 11.6 Å². The van der Waals surface area contributed by atoms with Crippen molar-refractivity contribution in [1.82, 2.24) is 0 Å². The van der Waals surface area contributed by atoms with Gasteiger partial charge in [0.25, 0.3) is 0 Å². The van der Waals surface area contributed by atoms with Crippen LogP contribution in [0.15, 0.2) is 0 Å². The van der Waals surface area contributed by atoms with Gasteiger partial charge in [-0.15, -0.1) is 11.6 Å². The Morgan fingerprint density at radius 3 is 2.36 bits per heavy atom. The first kappa shape index (κ1) is 11.0. The zero-order valence-corrected chi connectivity index (χ0v) is 6.87. The van der Waals surface area contributed by atoms with E-state index in [-0.39, 0.29) is 6.61 Å². The van der Waals surface area contributed by atoms with Crippen molar-refractivity contribution in [3.63, 3.8) is 0 Å². The largest absolute Gasteiger partial charge is 0.414 e. The molecule has 0 N–H and O–H groups in total. The highest BCUT2D eigenvalue weighted by Crippen LogP contribution is 2.22. The van der Waals surface area contributed by atoms with E-state index in [1.165, 1.54) is 0 Å². The topological polar surface area (TPSA) is 9.23 Å². The highest BCUT2D eigenvalue weighted by Gasteiger charge is 2.36. The quantitative estimate of drug-likeness (QED) is 0.489. The van der Waals surface area contributed by atoms with Gasteiger partial charge in [-0.2, -0.15) is 13.2 Å². The van der Waals surface area contributed by atoms with Crippen molar-refractivity contribution < 1.29 is 17.9 Å². The van der Waals surface area contributed by atoms with Crippen molar-refractivity contribution in [3.05, 3.63) is 0 Å². The molecule has 0 rings (SSSR count). The molecule has 0 aromatic carbocycles. The van der Waals surface area contributed by atoms with Crippen molar-refractivity contribution in [2.75, 3.05) is 12.5 Å². The van der Waals surface area contributed by atoms with Crippen LogP contribution in [0, 0.1) is 0 Å². The SMILES string of the molecule is CC(OCCCCl)C(F)(F)F. The van der Waals surface area contributed by atoms with Crippen LogP contribution in [0.1, 0.15) is 13.3 Å². The zero-order valence-electron chi connectivity index (χ0n) is 6.12. The van der Waals surface area contributed by atoms with Crippen LogP contribution in [0.25, 0.3) is 0 Å². The van der Waals surface area contributed by atoms with Crippen LogP contribution < -0.4 is 0 Å². The average Bonchev–Trinajstić information content (AvgIpc) is 1.86. The number of alkyl halides is 4. The summed E-state index contributed by atoms with van der Waals surface area (Å²) in [6.45, 7) is 1.04. The van der Waals surface area contributed by atoms with E-state index in [0.717, 1.165) is 6.92 Å². The Morgan fingerprint density at radius 2 is 2.00 bits per heavy atom. The van der Waals surface area contributed by atoms with Gasteiger partial charge in [-0.3, -0.25) is 0 Å². The molecule has 0 aromatic rings. The molecule has 1 unspecified atom stereocenters. The van der Waals surface area contributed by atoms with Gasteiger partial charge in [-0.05, 0) is 13.3 Å². The number of hydrogen-bond donors (Lipinski definition) is 0. The minimum Gasteiger partial charge on any atom is -0.369 e. The van der Waals surface area contributed by atoms with E-state index in [4.69, 9.17) is 11.6 Å². The van der Waals surface area contributed by atoms with Gasteiger partial charge >= 0.3 is 6.18 Å². The number of rotatable bonds is 4. The van der Waals surface area contributed by atoms with E-state index >= 15 is 0 Å². The summed E-state index contributed by atoms with van der Waals surface area (Å²) in [4.78, 5) is 0. The molecule has 11 heavy (non-hydrogen) atoms. The Kier molecular flexibility index (Phi) is 4.84. The maximum absolute atomic E-state index is 11.7. The molecule has 5 heteroatoms. The fraction of sp³-hybridized carbons (Fsp3) is 1.00. The smallest absolute Gasteiger partial charge is 0.369 e. The lowest BCUT2D eigenvalue weighted by atomic mass is 10.4. The molecule has 0 aliphatic heterocycles. The van der Waals surface area contributed by atoms with Crippen LogP contribution in [0.3, 0.4) is 0 Å². The molecule has 0 radical (unpaired) electrons. The Labute approximate surface area is 68.5 Å². The average molecular weight is 191 g/mol. The lowest BCUT2D eigenvalue weighted by Crippen LogP contribution is -2.28. The van der Waals surface area contributed by atoms with Crippen LogP contribution in [0.4, 0.5) is 13.2 Å². The lowest BCUT2D eigenvalue weighted by Gasteiger charge is -2.15. The zero-order chi connectivity index (χ0) is 8.91. The van der Waals surface area contributed by atoms with E-state index in [9.17, 15) is 13.2 Å². The van der Waals surface area contributed by atoms with Gasteiger partial charge in [0.2, 0.25) is 0 Å². The molecule has 1 atom stereocenters. The maximum atomic E-state index is 11.7. The second-order valence-corrected chi connectivity index (χ2v) is 2.48. The molecule has 0 aliphatic rings. The Morgan fingerprint density at radius 1 is 1.45 bits per heavy atom. The molecular formula is C6H10ClF3O. The lowest BCUT2D eigenvalue weighted by molar-refractivity contribution is -0.213. The van der Waals surface area contributed by atoms with E-state index < -0.39 is 12.3 Å². The third-order valence-electron chi connectivity index (χ3n) is 1.11. The van der Waals surface area contributed by atoms with Crippen LogP contribution in [-0.2, 0) is 4.74 Å². The first-order valence-corrected chi connectivity index (χ1v) is 3.76. The summed E-state index contributed by atoms with van der Waals surface area (Å²) >= 11 is 5.24. The highest BCUT2D eigenvalue weighted by molar-refractivity contribution is 6.17. The second-order valence-electron chi connectivity index (χ2n) is 2.10. The molecule has 0 spiro atoms. The number of halogens is 4. The third kappa shape index (κ3) is 5.32. The predicted octanol–water partition coefficient (Wildman–Crippen LogP) is 2.58. The van der Waals surface area contributed by atoms with E-state index in [0.29, 0.717) is 12.3 Å². The van der Waals surface area contributed by atoms with Crippen LogP contribution in [0.2, 0.25) is 0 Å². The summed E-state index contributed by atoms with van der Waals surface area (Å²) in [5.41, 5.74) is 0. The van der Waals surface area contributed by atoms with E-state index in [2.05, 4.69) is 4.74 Å². The highest BCUT2D eigenvalue weighted by atomic mass is 35.5. The van der Waals surface area contributed by atoms with Crippen molar-refractivity contribution in [2.24, 2.45) is 0 Å². The van der Waals surface area contributed by atoms with Crippen molar-refractivity contribution >= 4 is 11.6 Å². The van der Waals surface area contributed by atoms with Gasteiger partial charge in [-0.25, -0.2) is 0 Å². The van der Waals surface area contributed by atoms with E-state index in [1.807, 2.05) is 0 Å². The summed E-state index contributed by atoms with van der Waals surface area (Å²) in [7, 11) is 0. The van der Waals surface area contributed by atoms with Gasteiger partial charge in [0.15, 0.2) is 6.10 Å².